The molecular weight excluding hydrogens is 562 g/mol. The van der Waals surface area contributed by atoms with Gasteiger partial charge < -0.3 is 0 Å². The van der Waals surface area contributed by atoms with Gasteiger partial charge in [-0.15, -0.1) is 0 Å². The fourth-order valence-corrected chi connectivity index (χ4v) is 4.36. The Bertz CT molecular complexity index is 850. The van der Waals surface area contributed by atoms with E-state index in [-0.39, 0.29) is 0 Å². The standard InChI is InChI=1S/C12F22/c13-3-4(14,15)1(10(26,27)28,5(16,17)9(24,25)8(3,22)23)2(11(29,30)31,12(32,33)34)6(18,19)7(3,20)21. The molecule has 0 aromatic heterocycles. The first kappa shape index (κ1) is 28.7. The van der Waals surface area contributed by atoms with E-state index in [9.17, 15) is 96.6 Å². The summed E-state index contributed by atoms with van der Waals surface area (Å²) in [5.41, 5.74) is -28.6. The highest BCUT2D eigenvalue weighted by molar-refractivity contribution is 5.44. The second kappa shape index (κ2) is 5.88. The molecule has 0 amide bonds. The van der Waals surface area contributed by atoms with E-state index in [1.165, 1.54) is 0 Å². The third-order valence-electron chi connectivity index (χ3n) is 5.73. The van der Waals surface area contributed by atoms with Crippen molar-refractivity contribution in [3.63, 3.8) is 0 Å². The lowest BCUT2D eigenvalue weighted by Gasteiger charge is -2.70. The van der Waals surface area contributed by atoms with Crippen LogP contribution in [0.15, 0.2) is 0 Å². The summed E-state index contributed by atoms with van der Waals surface area (Å²) in [6, 6.07) is 0. The van der Waals surface area contributed by atoms with Crippen LogP contribution >= 0.6 is 0 Å². The van der Waals surface area contributed by atoms with Crippen molar-refractivity contribution in [1.82, 2.24) is 0 Å². The molecule has 0 aromatic rings. The lowest BCUT2D eigenvalue weighted by Crippen LogP contribution is -3.01. The number of hydrogen-bond donors (Lipinski definition) is 0. The molecule has 2 aliphatic rings. The van der Waals surface area contributed by atoms with E-state index in [0.29, 0.717) is 0 Å². The topological polar surface area (TPSA) is 0 Å². The summed E-state index contributed by atoms with van der Waals surface area (Å²) in [5, 5.41) is 0. The first-order valence-electron chi connectivity index (χ1n) is 7.41. The molecule has 2 atom stereocenters. The molecule has 2 unspecified atom stereocenters. The first-order chi connectivity index (χ1) is 14.2. The van der Waals surface area contributed by atoms with Crippen molar-refractivity contribution in [2.24, 2.45) is 10.8 Å². The van der Waals surface area contributed by atoms with Gasteiger partial charge >= 0.3 is 59.7 Å². The highest BCUT2D eigenvalue weighted by Gasteiger charge is 3.21. The van der Waals surface area contributed by atoms with Crippen molar-refractivity contribution in [2.75, 3.05) is 0 Å². The number of rotatable bonds is 0. The SMILES string of the molecule is FC(F)(F)C1(C(F)(F)F)C(F)(F)C(F)(F)C2(F)C(F)(F)C(F)(F)C(F)(F)C1(C(F)(F)F)C2(F)F. The molecule has 0 N–H and O–H groups in total. The maximum absolute atomic E-state index is 14.4. The Kier molecular flexibility index (Phi) is 4.96. The molecule has 2 saturated carbocycles. The Labute approximate surface area is 168 Å². The highest BCUT2D eigenvalue weighted by Crippen LogP contribution is 2.90. The average Bonchev–Trinajstić information content (AvgIpc) is 2.51. The van der Waals surface area contributed by atoms with Gasteiger partial charge in [0.2, 0.25) is 5.41 Å². The lowest BCUT2D eigenvalue weighted by molar-refractivity contribution is -0.628. The third-order valence-corrected chi connectivity index (χ3v) is 5.73. The molecule has 34 heavy (non-hydrogen) atoms. The molecule has 2 fully saturated rings. The van der Waals surface area contributed by atoms with Crippen LogP contribution in [-0.4, -0.2) is 59.7 Å². The van der Waals surface area contributed by atoms with Gasteiger partial charge in [0.25, 0.3) is 5.41 Å². The molecule has 2 aliphatic carbocycles. The zero-order chi connectivity index (χ0) is 28.0. The molecule has 2 rings (SSSR count). The minimum Gasteiger partial charge on any atom is -0.223 e. The summed E-state index contributed by atoms with van der Waals surface area (Å²) in [4.78, 5) is 0. The highest BCUT2D eigenvalue weighted by atomic mass is 19.4. The quantitative estimate of drug-likeness (QED) is 0.275. The largest absolute Gasteiger partial charge is 0.410 e. The normalized spacial score (nSPS) is 37.2. The van der Waals surface area contributed by atoms with E-state index in [2.05, 4.69) is 0 Å². The van der Waals surface area contributed by atoms with Gasteiger partial charge in [0.1, 0.15) is 0 Å². The van der Waals surface area contributed by atoms with Crippen molar-refractivity contribution in [3.8, 4) is 0 Å². The summed E-state index contributed by atoms with van der Waals surface area (Å²) < 4.78 is 302. The van der Waals surface area contributed by atoms with E-state index >= 15 is 0 Å². The Balaban J connectivity index is 3.66. The molecule has 0 aliphatic heterocycles. The predicted molar refractivity (Wildman–Crippen MR) is 56.6 cm³/mol. The lowest BCUT2D eigenvalue weighted by atomic mass is 9.39. The van der Waals surface area contributed by atoms with Crippen LogP contribution in [-0.2, 0) is 0 Å². The summed E-state index contributed by atoms with van der Waals surface area (Å²) in [6.45, 7) is 0. The summed E-state index contributed by atoms with van der Waals surface area (Å²) >= 11 is 0. The monoisotopic (exact) mass is 562 g/mol. The van der Waals surface area contributed by atoms with Crippen LogP contribution in [0.2, 0.25) is 0 Å². The zero-order valence-corrected chi connectivity index (χ0v) is 14.3. The van der Waals surface area contributed by atoms with E-state index in [4.69, 9.17) is 0 Å². The average molecular weight is 562 g/mol. The predicted octanol–water partition coefficient (Wildman–Crippen LogP) is 7.19. The Morgan fingerprint density at radius 1 is 0.294 bits per heavy atom. The zero-order valence-electron chi connectivity index (χ0n) is 14.3. The maximum atomic E-state index is 14.4. The van der Waals surface area contributed by atoms with Crippen LogP contribution < -0.4 is 0 Å². The van der Waals surface area contributed by atoms with Crippen molar-refractivity contribution in [1.29, 1.82) is 0 Å². The molecule has 202 valence electrons. The van der Waals surface area contributed by atoms with Gasteiger partial charge in [0.05, 0.1) is 0 Å². The van der Waals surface area contributed by atoms with Crippen LogP contribution in [0.25, 0.3) is 0 Å². The van der Waals surface area contributed by atoms with E-state index in [1.807, 2.05) is 0 Å². The van der Waals surface area contributed by atoms with E-state index in [1.54, 1.807) is 0 Å². The van der Waals surface area contributed by atoms with Gasteiger partial charge in [-0.1, -0.05) is 0 Å². The van der Waals surface area contributed by atoms with Crippen molar-refractivity contribution in [2.45, 2.75) is 59.7 Å². The number of hydrogen-bond acceptors (Lipinski definition) is 0. The Hall–Kier alpha value is -1.54. The fraction of sp³-hybridized carbons (Fsp3) is 1.00. The minimum absolute atomic E-state index is 8.84. The molecule has 0 radical (unpaired) electrons. The smallest absolute Gasteiger partial charge is 0.223 e. The maximum Gasteiger partial charge on any atom is 0.410 e. The van der Waals surface area contributed by atoms with Crippen LogP contribution in [0, 0.1) is 10.8 Å². The number of fused-ring (bicyclic) bond motifs is 2. The molecular formula is C12F22. The van der Waals surface area contributed by atoms with E-state index < -0.39 is 70.6 Å². The summed E-state index contributed by atoms with van der Waals surface area (Å²) in [7, 11) is 0. The van der Waals surface area contributed by atoms with Gasteiger partial charge in [-0.05, 0) is 0 Å². The minimum atomic E-state index is -9.73. The van der Waals surface area contributed by atoms with Gasteiger partial charge in [0.15, 0.2) is 0 Å². The molecule has 0 nitrogen and oxygen atoms in total. The second-order valence-corrected chi connectivity index (χ2v) is 7.10. The van der Waals surface area contributed by atoms with Crippen LogP contribution in [0.5, 0.6) is 0 Å². The van der Waals surface area contributed by atoms with Gasteiger partial charge in [-0.2, -0.15) is 83.4 Å². The Morgan fingerprint density at radius 2 is 0.588 bits per heavy atom. The van der Waals surface area contributed by atoms with Crippen LogP contribution in [0.3, 0.4) is 0 Å². The number of alkyl halides is 22. The summed E-state index contributed by atoms with van der Waals surface area (Å²) in [6.07, 6.45) is -27.6. The van der Waals surface area contributed by atoms with E-state index in [0.717, 1.165) is 0 Å². The third kappa shape index (κ3) is 1.98. The molecule has 0 saturated heterocycles. The van der Waals surface area contributed by atoms with Crippen LogP contribution in [0.4, 0.5) is 96.6 Å². The van der Waals surface area contributed by atoms with Crippen LogP contribution in [0.1, 0.15) is 0 Å². The second-order valence-electron chi connectivity index (χ2n) is 7.10. The first-order valence-corrected chi connectivity index (χ1v) is 7.41. The van der Waals surface area contributed by atoms with Gasteiger partial charge in [0, 0.05) is 0 Å². The molecule has 2 bridgehead atoms. The van der Waals surface area contributed by atoms with Gasteiger partial charge in [-0.25, -0.2) is 13.2 Å². The fourth-order valence-electron chi connectivity index (χ4n) is 4.36. The van der Waals surface area contributed by atoms with Crippen molar-refractivity contribution >= 4 is 0 Å². The molecule has 0 aromatic carbocycles. The van der Waals surface area contributed by atoms with Crippen molar-refractivity contribution < 1.29 is 96.6 Å². The Morgan fingerprint density at radius 3 is 0.853 bits per heavy atom. The molecule has 0 heterocycles. The summed E-state index contributed by atoms with van der Waals surface area (Å²) in [5.74, 6) is -55.1. The van der Waals surface area contributed by atoms with Crippen molar-refractivity contribution in [3.05, 3.63) is 0 Å². The van der Waals surface area contributed by atoms with Gasteiger partial charge in [-0.3, -0.25) is 0 Å². The molecule has 22 heteroatoms. The number of halogens is 22. The molecule has 0 spiro atoms.